The Morgan fingerprint density at radius 2 is 1.61 bits per heavy atom. The van der Waals surface area contributed by atoms with E-state index in [1.165, 1.54) is 0 Å². The molecule has 0 atom stereocenters. The van der Waals surface area contributed by atoms with Gasteiger partial charge in [-0.1, -0.05) is 60.7 Å². The zero-order chi connectivity index (χ0) is 25.2. The summed E-state index contributed by atoms with van der Waals surface area (Å²) < 4.78 is 11.0. The highest BCUT2D eigenvalue weighted by Gasteiger charge is 2.18. The summed E-state index contributed by atoms with van der Waals surface area (Å²) in [5.74, 6) is 0.913. The smallest absolute Gasteiger partial charge is 0.248 e. The summed E-state index contributed by atoms with van der Waals surface area (Å²) in [6.45, 7) is 8.42. The Bertz CT molecular complexity index is 1090. The van der Waals surface area contributed by atoms with Crippen LogP contribution in [0, 0.1) is 0 Å². The number of hydrogen-bond donors (Lipinski definition) is 0. The minimum atomic E-state index is 0.0457. The summed E-state index contributed by atoms with van der Waals surface area (Å²) in [6, 6.07) is 20.7. The van der Waals surface area contributed by atoms with E-state index in [1.807, 2.05) is 47.5 Å². The van der Waals surface area contributed by atoms with Crippen LogP contribution in [0.2, 0.25) is 0 Å². The molecule has 190 valence electrons. The number of carbonyl (C=O) groups is 1. The third-order valence-electron chi connectivity index (χ3n) is 6.30. The van der Waals surface area contributed by atoms with Gasteiger partial charge in [-0.05, 0) is 26.7 Å². The fraction of sp³-hybridized carbons (Fsp3) is 0.414. The van der Waals surface area contributed by atoms with Crippen LogP contribution in [-0.2, 0) is 14.3 Å². The van der Waals surface area contributed by atoms with E-state index < -0.39 is 0 Å². The molecule has 36 heavy (non-hydrogen) atoms. The van der Waals surface area contributed by atoms with Crippen molar-refractivity contribution in [3.8, 4) is 22.5 Å². The predicted molar refractivity (Wildman–Crippen MR) is 143 cm³/mol. The highest BCUT2D eigenvalue weighted by atomic mass is 16.5. The number of unbranched alkanes of at least 4 members (excludes halogenated alkanes) is 1. The number of anilines is 1. The van der Waals surface area contributed by atoms with Gasteiger partial charge in [0.05, 0.1) is 30.8 Å². The molecule has 1 amide bonds. The molecule has 0 saturated carbocycles. The molecule has 2 aromatic carbocycles. The number of aromatic nitrogens is 2. The molecule has 1 aromatic heterocycles. The van der Waals surface area contributed by atoms with E-state index in [2.05, 4.69) is 43.0 Å². The van der Waals surface area contributed by atoms with Crippen molar-refractivity contribution in [3.63, 3.8) is 0 Å². The Morgan fingerprint density at radius 3 is 2.25 bits per heavy atom. The fourth-order valence-electron chi connectivity index (χ4n) is 4.31. The van der Waals surface area contributed by atoms with Crippen LogP contribution in [0.3, 0.4) is 0 Å². The van der Waals surface area contributed by atoms with Gasteiger partial charge in [0.25, 0.3) is 0 Å². The maximum atomic E-state index is 12.2. The van der Waals surface area contributed by atoms with Crippen molar-refractivity contribution in [1.29, 1.82) is 0 Å². The summed E-state index contributed by atoms with van der Waals surface area (Å²) in [6.07, 6.45) is 3.69. The molecule has 7 heteroatoms. The van der Waals surface area contributed by atoms with Crippen LogP contribution < -0.4 is 4.90 Å². The summed E-state index contributed by atoms with van der Waals surface area (Å²) >= 11 is 0. The Morgan fingerprint density at radius 1 is 0.972 bits per heavy atom. The monoisotopic (exact) mass is 488 g/mol. The van der Waals surface area contributed by atoms with Crippen molar-refractivity contribution in [2.75, 3.05) is 51.0 Å². The number of benzene rings is 2. The third kappa shape index (κ3) is 6.89. The van der Waals surface area contributed by atoms with Crippen LogP contribution in [0.4, 0.5) is 5.82 Å². The molecule has 2 heterocycles. The second kappa shape index (κ2) is 13.1. The van der Waals surface area contributed by atoms with Crippen molar-refractivity contribution in [3.05, 3.63) is 66.9 Å². The van der Waals surface area contributed by atoms with Crippen molar-refractivity contribution in [2.24, 2.45) is 0 Å². The number of nitrogens with zero attached hydrogens (tertiary/aromatic N) is 4. The SMILES string of the molecule is CC(C)N(CCCCOCC(=O)N1CCOCC1)c1cnc(-c2ccccc2)c(-c2ccccc2)n1. The maximum Gasteiger partial charge on any atom is 0.248 e. The molecular formula is C29H36N4O3. The van der Waals surface area contributed by atoms with E-state index in [1.54, 1.807) is 0 Å². The quantitative estimate of drug-likeness (QED) is 0.365. The van der Waals surface area contributed by atoms with Gasteiger partial charge in [0, 0.05) is 43.4 Å². The van der Waals surface area contributed by atoms with E-state index in [0.717, 1.165) is 47.7 Å². The maximum absolute atomic E-state index is 12.2. The lowest BCUT2D eigenvalue weighted by atomic mass is 10.0. The third-order valence-corrected chi connectivity index (χ3v) is 6.30. The number of hydrogen-bond acceptors (Lipinski definition) is 6. The molecule has 1 fully saturated rings. The molecule has 3 aromatic rings. The second-order valence-electron chi connectivity index (χ2n) is 9.20. The van der Waals surface area contributed by atoms with Gasteiger partial charge < -0.3 is 19.3 Å². The summed E-state index contributed by atoms with van der Waals surface area (Å²) in [7, 11) is 0. The van der Waals surface area contributed by atoms with Gasteiger partial charge >= 0.3 is 0 Å². The molecular weight excluding hydrogens is 452 g/mol. The zero-order valence-electron chi connectivity index (χ0n) is 21.3. The largest absolute Gasteiger partial charge is 0.378 e. The van der Waals surface area contributed by atoms with Crippen molar-refractivity contribution >= 4 is 11.7 Å². The first-order valence-corrected chi connectivity index (χ1v) is 12.8. The van der Waals surface area contributed by atoms with Crippen LogP contribution in [0.15, 0.2) is 66.9 Å². The second-order valence-corrected chi connectivity index (χ2v) is 9.20. The number of rotatable bonds is 11. The van der Waals surface area contributed by atoms with Crippen LogP contribution >= 0.6 is 0 Å². The first-order valence-electron chi connectivity index (χ1n) is 12.8. The van der Waals surface area contributed by atoms with Gasteiger partial charge in [-0.2, -0.15) is 0 Å². The first kappa shape index (κ1) is 25.8. The lowest BCUT2D eigenvalue weighted by molar-refractivity contribution is -0.140. The molecule has 0 spiro atoms. The molecule has 1 aliphatic heterocycles. The van der Waals surface area contributed by atoms with E-state index in [-0.39, 0.29) is 18.6 Å². The average Bonchev–Trinajstić information content (AvgIpc) is 2.93. The van der Waals surface area contributed by atoms with Crippen LogP contribution in [0.1, 0.15) is 26.7 Å². The van der Waals surface area contributed by atoms with E-state index in [9.17, 15) is 4.79 Å². The zero-order valence-corrected chi connectivity index (χ0v) is 21.3. The molecule has 0 N–H and O–H groups in total. The summed E-state index contributed by atoms with van der Waals surface area (Å²) in [5, 5.41) is 0. The molecule has 7 nitrogen and oxygen atoms in total. The summed E-state index contributed by atoms with van der Waals surface area (Å²) in [5.41, 5.74) is 3.87. The van der Waals surface area contributed by atoms with Gasteiger partial charge in [0.2, 0.25) is 5.91 Å². The van der Waals surface area contributed by atoms with Crippen molar-refractivity contribution in [1.82, 2.24) is 14.9 Å². The van der Waals surface area contributed by atoms with Gasteiger partial charge in [0.1, 0.15) is 12.4 Å². The Balaban J connectivity index is 1.38. The van der Waals surface area contributed by atoms with E-state index in [4.69, 9.17) is 19.4 Å². The standard InChI is InChI=1S/C29H36N4O3/c1-23(2)33(15-9-10-18-36-22-27(34)32-16-19-35-20-17-32)26-21-30-28(24-11-5-3-6-12-24)29(31-26)25-13-7-4-8-14-25/h3-8,11-14,21,23H,9-10,15-20,22H2,1-2H3. The average molecular weight is 489 g/mol. The van der Waals surface area contributed by atoms with Gasteiger partial charge in [-0.25, -0.2) is 4.98 Å². The highest BCUT2D eigenvalue weighted by molar-refractivity contribution is 5.79. The van der Waals surface area contributed by atoms with Crippen molar-refractivity contribution in [2.45, 2.75) is 32.7 Å². The molecule has 1 saturated heterocycles. The normalized spacial score (nSPS) is 13.7. The molecule has 0 radical (unpaired) electrons. The number of ether oxygens (including phenoxy) is 2. The van der Waals surface area contributed by atoms with Crippen LogP contribution in [-0.4, -0.2) is 72.9 Å². The molecule has 0 aliphatic carbocycles. The van der Waals surface area contributed by atoms with Gasteiger partial charge in [0.15, 0.2) is 0 Å². The molecule has 0 bridgehead atoms. The Kier molecular flexibility index (Phi) is 9.41. The highest BCUT2D eigenvalue weighted by Crippen LogP contribution is 2.31. The minimum Gasteiger partial charge on any atom is -0.378 e. The number of amides is 1. The Labute approximate surface area is 214 Å². The molecule has 0 unspecified atom stereocenters. The predicted octanol–water partition coefficient (Wildman–Crippen LogP) is 4.68. The van der Waals surface area contributed by atoms with E-state index in [0.29, 0.717) is 32.9 Å². The lowest BCUT2D eigenvalue weighted by Crippen LogP contribution is -2.42. The van der Waals surface area contributed by atoms with Gasteiger partial charge in [-0.15, -0.1) is 0 Å². The van der Waals surface area contributed by atoms with Gasteiger partial charge in [-0.3, -0.25) is 9.78 Å². The summed E-state index contributed by atoms with van der Waals surface area (Å²) in [4.78, 5) is 26.3. The van der Waals surface area contributed by atoms with E-state index >= 15 is 0 Å². The molecule has 1 aliphatic rings. The number of morpholine rings is 1. The van der Waals surface area contributed by atoms with Crippen LogP contribution in [0.25, 0.3) is 22.5 Å². The van der Waals surface area contributed by atoms with Crippen LogP contribution in [0.5, 0.6) is 0 Å². The van der Waals surface area contributed by atoms with Crippen molar-refractivity contribution < 1.29 is 14.3 Å². The minimum absolute atomic E-state index is 0.0457. The number of carbonyl (C=O) groups excluding carboxylic acids is 1. The fourth-order valence-corrected chi connectivity index (χ4v) is 4.31. The Hall–Kier alpha value is -3.29. The first-order chi connectivity index (χ1) is 17.6. The molecule has 4 rings (SSSR count). The topological polar surface area (TPSA) is 67.8 Å². The lowest BCUT2D eigenvalue weighted by Gasteiger charge is -2.28.